The van der Waals surface area contributed by atoms with Crippen LogP contribution >= 0.6 is 11.3 Å². The summed E-state index contributed by atoms with van der Waals surface area (Å²) in [6.07, 6.45) is 2.79. The summed E-state index contributed by atoms with van der Waals surface area (Å²) < 4.78 is 5.05. The Labute approximate surface area is 165 Å². The molecule has 0 unspecified atom stereocenters. The van der Waals surface area contributed by atoms with Crippen molar-refractivity contribution in [1.29, 1.82) is 5.26 Å². The zero-order valence-electron chi connectivity index (χ0n) is 14.8. The molecule has 0 aliphatic heterocycles. The summed E-state index contributed by atoms with van der Waals surface area (Å²) in [4.78, 5) is 25.6. The number of carbonyl (C=O) groups is 2. The molecule has 4 rings (SSSR count). The van der Waals surface area contributed by atoms with E-state index in [9.17, 15) is 20.0 Å². The van der Waals surface area contributed by atoms with E-state index in [0.717, 1.165) is 35.1 Å². The Hall–Kier alpha value is -3.37. The molecule has 0 bridgehead atoms. The van der Waals surface area contributed by atoms with E-state index < -0.39 is 18.5 Å². The molecule has 7 heteroatoms. The Kier molecular flexibility index (Phi) is 4.72. The summed E-state index contributed by atoms with van der Waals surface area (Å²) in [5.41, 5.74) is 1.52. The Balaban J connectivity index is 1.44. The molecule has 0 spiro atoms. The molecule has 0 fully saturated rings. The van der Waals surface area contributed by atoms with Gasteiger partial charge in [-0.3, -0.25) is 4.79 Å². The van der Waals surface area contributed by atoms with Gasteiger partial charge in [0.15, 0.2) is 6.61 Å². The minimum atomic E-state index is -0.785. The van der Waals surface area contributed by atoms with Crippen LogP contribution in [-0.4, -0.2) is 23.6 Å². The summed E-state index contributed by atoms with van der Waals surface area (Å²) in [5.74, 6) is -1.48. The number of phenolic OH excluding ortho intramolecular Hbond substituents is 1. The van der Waals surface area contributed by atoms with Gasteiger partial charge in [-0.2, -0.15) is 5.26 Å². The third-order valence-electron chi connectivity index (χ3n) is 4.74. The Morgan fingerprint density at radius 2 is 2.04 bits per heavy atom. The maximum Gasteiger partial charge on any atom is 0.342 e. The third kappa shape index (κ3) is 3.19. The van der Waals surface area contributed by atoms with Crippen LogP contribution in [0.1, 0.15) is 32.8 Å². The number of amides is 1. The summed E-state index contributed by atoms with van der Waals surface area (Å²) in [5, 5.41) is 24.2. The highest BCUT2D eigenvalue weighted by Gasteiger charge is 2.23. The van der Waals surface area contributed by atoms with Crippen molar-refractivity contribution in [3.05, 3.63) is 58.0 Å². The second kappa shape index (κ2) is 7.33. The number of nitriles is 1. The molecule has 6 nitrogen and oxygen atoms in total. The van der Waals surface area contributed by atoms with Crippen LogP contribution in [-0.2, 0) is 22.4 Å². The van der Waals surface area contributed by atoms with Gasteiger partial charge < -0.3 is 15.2 Å². The van der Waals surface area contributed by atoms with Crippen molar-refractivity contribution in [2.24, 2.45) is 0 Å². The number of aryl methyl sites for hydroxylation is 1. The summed E-state index contributed by atoms with van der Waals surface area (Å²) >= 11 is 1.40. The van der Waals surface area contributed by atoms with Crippen LogP contribution in [0.15, 0.2) is 36.4 Å². The molecule has 1 aromatic heterocycles. The molecule has 1 heterocycles. The van der Waals surface area contributed by atoms with Crippen LogP contribution in [0.4, 0.5) is 5.00 Å². The van der Waals surface area contributed by atoms with Crippen LogP contribution in [0.25, 0.3) is 10.8 Å². The van der Waals surface area contributed by atoms with Gasteiger partial charge in [-0.1, -0.05) is 30.3 Å². The van der Waals surface area contributed by atoms with Crippen LogP contribution < -0.4 is 5.32 Å². The Morgan fingerprint density at radius 3 is 2.86 bits per heavy atom. The second-order valence-corrected chi connectivity index (χ2v) is 7.59. The molecule has 28 heavy (non-hydrogen) atoms. The van der Waals surface area contributed by atoms with E-state index in [0.29, 0.717) is 16.0 Å². The first-order valence-corrected chi connectivity index (χ1v) is 9.62. The molecule has 1 amide bonds. The fraction of sp³-hybridized carbons (Fsp3) is 0.190. The fourth-order valence-electron chi connectivity index (χ4n) is 3.40. The second-order valence-electron chi connectivity index (χ2n) is 6.48. The van der Waals surface area contributed by atoms with Gasteiger partial charge in [-0.25, -0.2) is 4.79 Å². The molecule has 140 valence electrons. The maximum absolute atomic E-state index is 12.3. The van der Waals surface area contributed by atoms with E-state index >= 15 is 0 Å². The zero-order valence-corrected chi connectivity index (χ0v) is 15.6. The van der Waals surface area contributed by atoms with Gasteiger partial charge in [-0.05, 0) is 36.3 Å². The van der Waals surface area contributed by atoms with Crippen LogP contribution in [0, 0.1) is 11.3 Å². The zero-order chi connectivity index (χ0) is 19.7. The van der Waals surface area contributed by atoms with Gasteiger partial charge >= 0.3 is 5.97 Å². The summed E-state index contributed by atoms with van der Waals surface area (Å²) in [6, 6.07) is 12.4. The number of aromatic hydroxyl groups is 1. The van der Waals surface area contributed by atoms with E-state index in [-0.39, 0.29) is 11.3 Å². The number of nitrogens with one attached hydrogen (secondary N) is 1. The largest absolute Gasteiger partial charge is 0.506 e. The van der Waals surface area contributed by atoms with Crippen LogP contribution in [0.5, 0.6) is 5.75 Å². The molecular weight excluding hydrogens is 376 g/mol. The molecular formula is C21H16N2O4S. The number of anilines is 1. The van der Waals surface area contributed by atoms with Crippen LogP contribution in [0.3, 0.4) is 0 Å². The quantitative estimate of drug-likeness (QED) is 0.659. The number of carbonyl (C=O) groups excluding carboxylic acids is 2. The predicted octanol–water partition coefficient (Wildman–Crippen LogP) is 3.76. The summed E-state index contributed by atoms with van der Waals surface area (Å²) in [6.45, 7) is -0.501. The van der Waals surface area contributed by atoms with E-state index in [1.807, 2.05) is 12.1 Å². The molecule has 2 N–H and O–H groups in total. The fourth-order valence-corrected chi connectivity index (χ4v) is 4.66. The van der Waals surface area contributed by atoms with E-state index in [2.05, 4.69) is 11.4 Å². The smallest absolute Gasteiger partial charge is 0.342 e. The monoisotopic (exact) mass is 392 g/mol. The number of fused-ring (bicyclic) bond motifs is 2. The average Bonchev–Trinajstić information content (AvgIpc) is 3.27. The normalized spacial score (nSPS) is 12.4. The lowest BCUT2D eigenvalue weighted by Gasteiger charge is -2.09. The van der Waals surface area contributed by atoms with Gasteiger partial charge in [-0.15, -0.1) is 11.3 Å². The first-order valence-electron chi connectivity index (χ1n) is 8.81. The van der Waals surface area contributed by atoms with E-state index in [1.54, 1.807) is 18.2 Å². The number of benzene rings is 2. The van der Waals surface area contributed by atoms with Crippen molar-refractivity contribution >= 4 is 39.0 Å². The Morgan fingerprint density at radius 1 is 1.21 bits per heavy atom. The number of nitrogens with zero attached hydrogens (tertiary/aromatic N) is 1. The highest BCUT2D eigenvalue weighted by atomic mass is 32.1. The SMILES string of the molecule is N#Cc1c(NC(=O)COC(=O)c2ccc3ccccc3c2O)sc2c1CCC2. The number of thiophene rings is 1. The average molecular weight is 392 g/mol. The van der Waals surface area contributed by atoms with Crippen molar-refractivity contribution in [2.75, 3.05) is 11.9 Å². The number of phenols is 1. The highest BCUT2D eigenvalue weighted by molar-refractivity contribution is 7.16. The predicted molar refractivity (Wildman–Crippen MR) is 106 cm³/mol. The minimum Gasteiger partial charge on any atom is -0.506 e. The number of esters is 1. The number of hydrogen-bond donors (Lipinski definition) is 2. The van der Waals surface area contributed by atoms with Crippen molar-refractivity contribution in [1.82, 2.24) is 0 Å². The number of rotatable bonds is 4. The lowest BCUT2D eigenvalue weighted by atomic mass is 10.1. The molecule has 2 aromatic carbocycles. The molecule has 0 saturated heterocycles. The number of hydrogen-bond acceptors (Lipinski definition) is 6. The van der Waals surface area contributed by atoms with E-state index in [1.165, 1.54) is 17.4 Å². The first kappa shape index (κ1) is 18.0. The summed E-state index contributed by atoms with van der Waals surface area (Å²) in [7, 11) is 0. The van der Waals surface area contributed by atoms with Gasteiger partial charge in [0.1, 0.15) is 22.4 Å². The molecule has 3 aromatic rings. The lowest BCUT2D eigenvalue weighted by Crippen LogP contribution is -2.21. The van der Waals surface area contributed by atoms with Crippen molar-refractivity contribution < 1.29 is 19.4 Å². The topological polar surface area (TPSA) is 99.4 Å². The van der Waals surface area contributed by atoms with Gasteiger partial charge in [0.05, 0.1) is 5.56 Å². The van der Waals surface area contributed by atoms with Crippen molar-refractivity contribution in [3.63, 3.8) is 0 Å². The van der Waals surface area contributed by atoms with E-state index in [4.69, 9.17) is 4.74 Å². The lowest BCUT2D eigenvalue weighted by molar-refractivity contribution is -0.119. The van der Waals surface area contributed by atoms with Gasteiger partial charge in [0, 0.05) is 10.3 Å². The third-order valence-corrected chi connectivity index (χ3v) is 5.95. The molecule has 0 radical (unpaired) electrons. The van der Waals surface area contributed by atoms with Crippen molar-refractivity contribution in [3.8, 4) is 11.8 Å². The standard InChI is InChI=1S/C21H16N2O4S/c22-10-16-14-6-3-7-17(14)28-20(16)23-18(24)11-27-21(26)15-9-8-12-4-1-2-5-13(12)19(15)25/h1-2,4-5,8-9,25H,3,6-7,11H2,(H,23,24). The highest BCUT2D eigenvalue weighted by Crippen LogP contribution is 2.38. The number of ether oxygens (including phenoxy) is 1. The molecule has 1 aliphatic carbocycles. The Bertz CT molecular complexity index is 1140. The molecule has 0 saturated carbocycles. The first-order chi connectivity index (χ1) is 13.6. The van der Waals surface area contributed by atoms with Crippen LogP contribution in [0.2, 0.25) is 0 Å². The maximum atomic E-state index is 12.3. The van der Waals surface area contributed by atoms with Crippen molar-refractivity contribution in [2.45, 2.75) is 19.3 Å². The minimum absolute atomic E-state index is 0.000635. The van der Waals surface area contributed by atoms with Gasteiger partial charge in [0.25, 0.3) is 5.91 Å². The molecule has 1 aliphatic rings. The molecule has 0 atom stereocenters. The van der Waals surface area contributed by atoms with Gasteiger partial charge in [0.2, 0.25) is 0 Å².